The van der Waals surface area contributed by atoms with Crippen LogP contribution in [0.2, 0.25) is 0 Å². The summed E-state index contributed by atoms with van der Waals surface area (Å²) in [4.78, 5) is 18.9. The van der Waals surface area contributed by atoms with Crippen molar-refractivity contribution in [3.63, 3.8) is 0 Å². The SMILES string of the molecule is C=CCNC(=O)[C@]1(Cc2ccccc2Br)N=C(c2ccc(OCCCO)cc2)O[C@@H]1c1cccc(OC)c1. The van der Waals surface area contributed by atoms with Gasteiger partial charge in [-0.3, -0.25) is 4.79 Å². The fourth-order valence-electron chi connectivity index (χ4n) is 4.34. The van der Waals surface area contributed by atoms with E-state index < -0.39 is 11.6 Å². The van der Waals surface area contributed by atoms with Crippen molar-refractivity contribution in [1.29, 1.82) is 0 Å². The largest absolute Gasteiger partial charge is 0.497 e. The topological polar surface area (TPSA) is 89.4 Å². The van der Waals surface area contributed by atoms with Crippen LogP contribution in [0.25, 0.3) is 0 Å². The lowest BCUT2D eigenvalue weighted by atomic mass is 9.82. The molecule has 0 aliphatic carbocycles. The second-order valence-corrected chi connectivity index (χ2v) is 9.69. The van der Waals surface area contributed by atoms with E-state index in [2.05, 4.69) is 27.8 Å². The molecular weight excluding hydrogens is 548 g/mol. The molecule has 2 N–H and O–H groups in total. The van der Waals surface area contributed by atoms with Gasteiger partial charge in [-0.25, -0.2) is 4.99 Å². The molecule has 0 radical (unpaired) electrons. The number of amides is 1. The van der Waals surface area contributed by atoms with Crippen molar-refractivity contribution >= 4 is 27.7 Å². The van der Waals surface area contributed by atoms with Crippen LogP contribution in [0.5, 0.6) is 11.5 Å². The third-order valence-corrected chi connectivity index (χ3v) is 7.02. The number of carbonyl (C=O) groups is 1. The predicted octanol–water partition coefficient (Wildman–Crippen LogP) is 5.02. The fourth-order valence-corrected chi connectivity index (χ4v) is 4.76. The number of carbonyl (C=O) groups excluding carboxylic acids is 1. The van der Waals surface area contributed by atoms with E-state index in [-0.39, 0.29) is 12.5 Å². The smallest absolute Gasteiger partial charge is 0.252 e. The van der Waals surface area contributed by atoms with Crippen molar-refractivity contribution in [3.8, 4) is 11.5 Å². The van der Waals surface area contributed by atoms with Crippen LogP contribution in [0.1, 0.15) is 29.2 Å². The Bertz CT molecular complexity index is 1290. The maximum absolute atomic E-state index is 13.9. The number of aliphatic imine (C=N–C) groups is 1. The van der Waals surface area contributed by atoms with Gasteiger partial charge in [0.1, 0.15) is 11.5 Å². The molecule has 0 spiro atoms. The highest BCUT2D eigenvalue weighted by Crippen LogP contribution is 2.44. The first-order valence-corrected chi connectivity index (χ1v) is 13.2. The minimum atomic E-state index is -1.30. The molecule has 1 amide bonds. The first-order valence-electron chi connectivity index (χ1n) is 12.4. The summed E-state index contributed by atoms with van der Waals surface area (Å²) < 4.78 is 18.5. The number of methoxy groups -OCH3 is 1. The first-order chi connectivity index (χ1) is 18.5. The predicted molar refractivity (Wildman–Crippen MR) is 151 cm³/mol. The highest BCUT2D eigenvalue weighted by Gasteiger charge is 2.53. The summed E-state index contributed by atoms with van der Waals surface area (Å²) in [5.41, 5.74) is 1.12. The number of aliphatic hydroxyl groups excluding tert-OH is 1. The van der Waals surface area contributed by atoms with Crippen LogP contribution >= 0.6 is 15.9 Å². The van der Waals surface area contributed by atoms with Gasteiger partial charge in [0.2, 0.25) is 5.90 Å². The lowest BCUT2D eigenvalue weighted by Crippen LogP contribution is -2.50. The van der Waals surface area contributed by atoms with Crippen molar-refractivity contribution in [2.24, 2.45) is 4.99 Å². The minimum absolute atomic E-state index is 0.0713. The Morgan fingerprint density at radius 2 is 1.95 bits per heavy atom. The monoisotopic (exact) mass is 578 g/mol. The number of hydrogen-bond donors (Lipinski definition) is 2. The first kappa shape index (κ1) is 27.4. The molecule has 0 aromatic heterocycles. The van der Waals surface area contributed by atoms with Gasteiger partial charge in [-0.15, -0.1) is 6.58 Å². The number of nitrogens with zero attached hydrogens (tertiary/aromatic N) is 1. The van der Waals surface area contributed by atoms with Crippen molar-refractivity contribution < 1.29 is 24.1 Å². The number of aliphatic hydroxyl groups is 1. The van der Waals surface area contributed by atoms with Crippen LogP contribution in [0, 0.1) is 0 Å². The molecular formula is C30H31BrN2O5. The van der Waals surface area contributed by atoms with Crippen LogP contribution < -0.4 is 14.8 Å². The Balaban J connectivity index is 1.80. The molecule has 3 aromatic rings. The fraction of sp³-hybridized carbons (Fsp3) is 0.267. The van der Waals surface area contributed by atoms with Crippen molar-refractivity contribution in [2.45, 2.75) is 24.5 Å². The standard InChI is InChI=1S/C30H31BrN2O5/c1-3-16-32-29(35)30(20-23-8-4-5-11-26(23)31)27(22-9-6-10-25(19-22)36-2)38-28(33-30)21-12-14-24(15-13-21)37-18-7-17-34/h3-6,8-15,19,27,34H,1,7,16-18,20H2,2H3,(H,32,35)/t27-,30-/m1/s1. The molecule has 1 aliphatic heterocycles. The molecule has 0 saturated heterocycles. The van der Waals surface area contributed by atoms with E-state index in [1.54, 1.807) is 13.2 Å². The summed E-state index contributed by atoms with van der Waals surface area (Å²) in [5.74, 6) is 1.43. The molecule has 7 nitrogen and oxygen atoms in total. The Hall–Kier alpha value is -3.62. The molecule has 1 heterocycles. The third-order valence-electron chi connectivity index (χ3n) is 6.25. The van der Waals surface area contributed by atoms with Gasteiger partial charge in [0, 0.05) is 36.0 Å². The summed E-state index contributed by atoms with van der Waals surface area (Å²) in [7, 11) is 1.60. The van der Waals surface area contributed by atoms with E-state index in [4.69, 9.17) is 24.3 Å². The van der Waals surface area contributed by atoms with E-state index in [1.807, 2.05) is 72.8 Å². The van der Waals surface area contributed by atoms with E-state index >= 15 is 0 Å². The van der Waals surface area contributed by atoms with Gasteiger partial charge in [0.15, 0.2) is 11.6 Å². The van der Waals surface area contributed by atoms with E-state index in [0.717, 1.165) is 21.2 Å². The number of ether oxygens (including phenoxy) is 3. The molecule has 8 heteroatoms. The zero-order valence-corrected chi connectivity index (χ0v) is 22.8. The maximum atomic E-state index is 13.9. The molecule has 38 heavy (non-hydrogen) atoms. The normalized spacial score (nSPS) is 18.3. The summed E-state index contributed by atoms with van der Waals surface area (Å²) in [6.45, 7) is 4.54. The average molecular weight is 579 g/mol. The lowest BCUT2D eigenvalue weighted by molar-refractivity contribution is -0.128. The Labute approximate surface area is 231 Å². The highest BCUT2D eigenvalue weighted by molar-refractivity contribution is 9.10. The molecule has 4 rings (SSSR count). The molecule has 0 bridgehead atoms. The summed E-state index contributed by atoms with van der Waals surface area (Å²) in [5, 5.41) is 12.0. The Morgan fingerprint density at radius 1 is 1.16 bits per heavy atom. The van der Waals surface area contributed by atoms with Crippen LogP contribution in [-0.4, -0.2) is 49.3 Å². The Kier molecular flexibility index (Phi) is 9.20. The van der Waals surface area contributed by atoms with Crippen molar-refractivity contribution in [2.75, 3.05) is 26.9 Å². The van der Waals surface area contributed by atoms with Crippen LogP contribution in [-0.2, 0) is 16.0 Å². The number of halogens is 1. The highest BCUT2D eigenvalue weighted by atomic mass is 79.9. The minimum Gasteiger partial charge on any atom is -0.497 e. The number of hydrogen-bond acceptors (Lipinski definition) is 6. The van der Waals surface area contributed by atoms with E-state index in [9.17, 15) is 4.79 Å². The van der Waals surface area contributed by atoms with Crippen LogP contribution in [0.3, 0.4) is 0 Å². The number of nitrogens with one attached hydrogen (secondary N) is 1. The van der Waals surface area contributed by atoms with Gasteiger partial charge in [-0.05, 0) is 53.6 Å². The van der Waals surface area contributed by atoms with E-state index in [1.165, 1.54) is 0 Å². The summed E-state index contributed by atoms with van der Waals surface area (Å²) in [6.07, 6.45) is 1.77. The zero-order valence-electron chi connectivity index (χ0n) is 21.2. The van der Waals surface area contributed by atoms with Gasteiger partial charge >= 0.3 is 0 Å². The summed E-state index contributed by atoms with van der Waals surface area (Å²) >= 11 is 3.64. The number of benzene rings is 3. The van der Waals surface area contributed by atoms with Gasteiger partial charge < -0.3 is 24.6 Å². The van der Waals surface area contributed by atoms with E-state index in [0.29, 0.717) is 43.4 Å². The quantitative estimate of drug-likeness (QED) is 0.233. The van der Waals surface area contributed by atoms with Gasteiger partial charge in [0.05, 0.1) is 13.7 Å². The lowest BCUT2D eigenvalue weighted by Gasteiger charge is -2.31. The zero-order chi connectivity index (χ0) is 27.0. The molecule has 198 valence electrons. The molecule has 1 aliphatic rings. The van der Waals surface area contributed by atoms with Crippen LogP contribution in [0.15, 0.2) is 94.9 Å². The molecule has 0 unspecified atom stereocenters. The van der Waals surface area contributed by atoms with Gasteiger partial charge in [-0.1, -0.05) is 52.3 Å². The molecule has 2 atom stereocenters. The molecule has 3 aromatic carbocycles. The summed E-state index contributed by atoms with van der Waals surface area (Å²) in [6, 6.07) is 22.7. The average Bonchev–Trinajstić information content (AvgIpc) is 3.34. The number of rotatable bonds is 12. The van der Waals surface area contributed by atoms with Crippen molar-refractivity contribution in [1.82, 2.24) is 5.32 Å². The third kappa shape index (κ3) is 6.09. The Morgan fingerprint density at radius 3 is 2.66 bits per heavy atom. The second kappa shape index (κ2) is 12.8. The van der Waals surface area contributed by atoms with Gasteiger partial charge in [-0.2, -0.15) is 0 Å². The maximum Gasteiger partial charge on any atom is 0.252 e. The molecule has 0 fully saturated rings. The second-order valence-electron chi connectivity index (χ2n) is 8.83. The molecule has 0 saturated carbocycles. The van der Waals surface area contributed by atoms with Crippen molar-refractivity contribution in [3.05, 3.63) is 107 Å². The van der Waals surface area contributed by atoms with Gasteiger partial charge in [0.25, 0.3) is 5.91 Å². The van der Waals surface area contributed by atoms with Crippen LogP contribution in [0.4, 0.5) is 0 Å².